The van der Waals surface area contributed by atoms with E-state index in [1.54, 1.807) is 18.3 Å². The molecule has 0 radical (unpaired) electrons. The van der Waals surface area contributed by atoms with E-state index in [1.165, 1.54) is 0 Å². The molecule has 86 valence electrons. The molecule has 1 atom stereocenters. The zero-order chi connectivity index (χ0) is 11.5. The molecule has 1 saturated carbocycles. The molecule has 1 heterocycles. The van der Waals surface area contributed by atoms with Crippen LogP contribution in [-0.2, 0) is 4.79 Å². The van der Waals surface area contributed by atoms with E-state index in [1.807, 2.05) is 6.92 Å². The van der Waals surface area contributed by atoms with Gasteiger partial charge in [-0.2, -0.15) is 0 Å². The fourth-order valence-corrected chi connectivity index (χ4v) is 1.54. The van der Waals surface area contributed by atoms with Crippen LogP contribution < -0.4 is 10.6 Å². The van der Waals surface area contributed by atoms with Gasteiger partial charge in [0.25, 0.3) is 0 Å². The molecule has 0 aromatic carbocycles. The fourth-order valence-electron chi connectivity index (χ4n) is 1.36. The van der Waals surface area contributed by atoms with Crippen molar-refractivity contribution in [2.75, 3.05) is 5.32 Å². The van der Waals surface area contributed by atoms with Gasteiger partial charge in [-0.1, -0.05) is 11.6 Å². The molecule has 0 bridgehead atoms. The lowest BCUT2D eigenvalue weighted by Crippen LogP contribution is -2.38. The van der Waals surface area contributed by atoms with Crippen LogP contribution in [-0.4, -0.2) is 23.0 Å². The van der Waals surface area contributed by atoms with Gasteiger partial charge < -0.3 is 10.6 Å². The third kappa shape index (κ3) is 3.10. The lowest BCUT2D eigenvalue weighted by atomic mass is 10.3. The number of aromatic nitrogens is 1. The smallest absolute Gasteiger partial charge is 0.242 e. The molecule has 0 saturated heterocycles. The first-order valence-electron chi connectivity index (χ1n) is 5.33. The van der Waals surface area contributed by atoms with Crippen molar-refractivity contribution in [2.45, 2.75) is 31.8 Å². The molecule has 1 fully saturated rings. The van der Waals surface area contributed by atoms with Crippen molar-refractivity contribution in [3.8, 4) is 0 Å². The summed E-state index contributed by atoms with van der Waals surface area (Å²) in [5.41, 5.74) is 0.804. The van der Waals surface area contributed by atoms with Crippen molar-refractivity contribution < 1.29 is 4.79 Å². The minimum absolute atomic E-state index is 0.0236. The average molecular weight is 240 g/mol. The first-order chi connectivity index (χ1) is 7.65. The number of hydrogen-bond donors (Lipinski definition) is 2. The highest BCUT2D eigenvalue weighted by Gasteiger charge is 2.25. The van der Waals surface area contributed by atoms with Gasteiger partial charge in [0.15, 0.2) is 0 Å². The number of nitrogens with zero attached hydrogens (tertiary/aromatic N) is 1. The van der Waals surface area contributed by atoms with Crippen LogP contribution in [0, 0.1) is 0 Å². The Kier molecular flexibility index (Phi) is 3.29. The first-order valence-corrected chi connectivity index (χ1v) is 5.71. The first kappa shape index (κ1) is 11.2. The topological polar surface area (TPSA) is 54.0 Å². The summed E-state index contributed by atoms with van der Waals surface area (Å²) in [5.74, 6) is 0.0236. The maximum absolute atomic E-state index is 11.7. The van der Waals surface area contributed by atoms with Crippen molar-refractivity contribution >= 4 is 23.2 Å². The third-order valence-electron chi connectivity index (χ3n) is 2.43. The molecule has 2 rings (SSSR count). The molecule has 5 heteroatoms. The highest BCUT2D eigenvalue weighted by molar-refractivity contribution is 6.29. The van der Waals surface area contributed by atoms with Crippen LogP contribution in [0.15, 0.2) is 18.3 Å². The van der Waals surface area contributed by atoms with Gasteiger partial charge in [-0.3, -0.25) is 4.79 Å². The molecule has 0 aliphatic heterocycles. The molecule has 0 spiro atoms. The highest BCUT2D eigenvalue weighted by atomic mass is 35.5. The van der Waals surface area contributed by atoms with Gasteiger partial charge in [0.2, 0.25) is 5.91 Å². The second-order valence-electron chi connectivity index (χ2n) is 4.02. The Morgan fingerprint density at radius 2 is 2.38 bits per heavy atom. The van der Waals surface area contributed by atoms with Crippen molar-refractivity contribution in [3.63, 3.8) is 0 Å². The highest BCUT2D eigenvalue weighted by Crippen LogP contribution is 2.19. The predicted molar refractivity (Wildman–Crippen MR) is 63.5 cm³/mol. The van der Waals surface area contributed by atoms with Gasteiger partial charge in [0, 0.05) is 17.9 Å². The van der Waals surface area contributed by atoms with E-state index in [2.05, 4.69) is 15.6 Å². The lowest BCUT2D eigenvalue weighted by molar-refractivity contribution is -0.121. The molecule has 16 heavy (non-hydrogen) atoms. The molecular weight excluding hydrogens is 226 g/mol. The van der Waals surface area contributed by atoms with Gasteiger partial charge in [0.1, 0.15) is 11.2 Å². The van der Waals surface area contributed by atoms with E-state index in [0.29, 0.717) is 11.2 Å². The molecule has 1 aromatic rings. The van der Waals surface area contributed by atoms with Crippen LogP contribution in [0.5, 0.6) is 0 Å². The maximum atomic E-state index is 11.7. The summed E-state index contributed by atoms with van der Waals surface area (Å²) in [6.07, 6.45) is 3.80. The van der Waals surface area contributed by atoms with Crippen molar-refractivity contribution in [1.29, 1.82) is 0 Å². The summed E-state index contributed by atoms with van der Waals surface area (Å²) in [5, 5.41) is 6.43. The van der Waals surface area contributed by atoms with Crippen molar-refractivity contribution in [3.05, 3.63) is 23.5 Å². The Morgan fingerprint density at radius 1 is 1.62 bits per heavy atom. The Bertz CT molecular complexity index is 393. The Hall–Kier alpha value is -1.29. The lowest BCUT2D eigenvalue weighted by Gasteiger charge is -2.14. The standard InChI is InChI=1S/C11H14ClN3O/c1-7(11(16)15-8-2-3-8)14-9-4-5-13-10(12)6-9/h4-8H,2-3H2,1H3,(H,13,14)(H,15,16). The largest absolute Gasteiger partial charge is 0.374 e. The number of hydrogen-bond acceptors (Lipinski definition) is 3. The summed E-state index contributed by atoms with van der Waals surface area (Å²) in [7, 11) is 0. The molecular formula is C11H14ClN3O. The van der Waals surface area contributed by atoms with Crippen LogP contribution in [0.3, 0.4) is 0 Å². The number of carbonyl (C=O) groups is 1. The third-order valence-corrected chi connectivity index (χ3v) is 2.63. The quantitative estimate of drug-likeness (QED) is 0.788. The summed E-state index contributed by atoms with van der Waals surface area (Å²) in [6.45, 7) is 1.83. The van der Waals surface area contributed by atoms with Crippen molar-refractivity contribution in [1.82, 2.24) is 10.3 Å². The van der Waals surface area contributed by atoms with Crippen molar-refractivity contribution in [2.24, 2.45) is 0 Å². The van der Waals surface area contributed by atoms with Crippen LogP contribution in [0.1, 0.15) is 19.8 Å². The number of amides is 1. The summed E-state index contributed by atoms with van der Waals surface area (Å²) in [6, 6.07) is 3.60. The van der Waals surface area contributed by atoms with Crippen LogP contribution in [0.4, 0.5) is 5.69 Å². The summed E-state index contributed by atoms with van der Waals surface area (Å²) in [4.78, 5) is 15.5. The van der Waals surface area contributed by atoms with E-state index >= 15 is 0 Å². The van der Waals surface area contributed by atoms with E-state index in [-0.39, 0.29) is 11.9 Å². The Labute approximate surface area is 99.4 Å². The monoisotopic (exact) mass is 239 g/mol. The van der Waals surface area contributed by atoms with E-state index in [9.17, 15) is 4.79 Å². The molecule has 2 N–H and O–H groups in total. The molecule has 4 nitrogen and oxygen atoms in total. The minimum atomic E-state index is -0.265. The van der Waals surface area contributed by atoms with Crippen LogP contribution in [0.25, 0.3) is 0 Å². The second kappa shape index (κ2) is 4.70. The Balaban J connectivity index is 1.90. The van der Waals surface area contributed by atoms with E-state index < -0.39 is 0 Å². The molecule has 1 aromatic heterocycles. The van der Waals surface area contributed by atoms with Gasteiger partial charge >= 0.3 is 0 Å². The minimum Gasteiger partial charge on any atom is -0.374 e. The zero-order valence-corrected chi connectivity index (χ0v) is 9.79. The maximum Gasteiger partial charge on any atom is 0.242 e. The Morgan fingerprint density at radius 3 is 3.00 bits per heavy atom. The summed E-state index contributed by atoms with van der Waals surface area (Å²) >= 11 is 5.75. The van der Waals surface area contributed by atoms with E-state index in [0.717, 1.165) is 18.5 Å². The van der Waals surface area contributed by atoms with Gasteiger partial charge in [-0.25, -0.2) is 4.98 Å². The fraction of sp³-hybridized carbons (Fsp3) is 0.455. The number of nitrogens with one attached hydrogen (secondary N) is 2. The van der Waals surface area contributed by atoms with E-state index in [4.69, 9.17) is 11.6 Å². The van der Waals surface area contributed by atoms with Gasteiger partial charge in [-0.05, 0) is 31.9 Å². The zero-order valence-electron chi connectivity index (χ0n) is 9.03. The van der Waals surface area contributed by atoms with Crippen LogP contribution in [0.2, 0.25) is 5.15 Å². The van der Waals surface area contributed by atoms with Gasteiger partial charge in [-0.15, -0.1) is 0 Å². The average Bonchev–Trinajstić information content (AvgIpc) is 3.01. The number of carbonyl (C=O) groups excluding carboxylic acids is 1. The normalized spacial score (nSPS) is 16.6. The molecule has 1 aliphatic rings. The van der Waals surface area contributed by atoms with Crippen LogP contribution >= 0.6 is 11.6 Å². The molecule has 1 amide bonds. The predicted octanol–water partition coefficient (Wildman–Crippen LogP) is 1.81. The number of anilines is 1. The number of rotatable bonds is 4. The number of halogens is 1. The SMILES string of the molecule is CC(Nc1ccnc(Cl)c1)C(=O)NC1CC1. The molecule has 1 aliphatic carbocycles. The number of pyridine rings is 1. The summed E-state index contributed by atoms with van der Waals surface area (Å²) < 4.78 is 0. The molecule has 1 unspecified atom stereocenters. The second-order valence-corrected chi connectivity index (χ2v) is 4.40. The van der Waals surface area contributed by atoms with Gasteiger partial charge in [0.05, 0.1) is 0 Å².